The Labute approximate surface area is 215 Å². The summed E-state index contributed by atoms with van der Waals surface area (Å²) in [6.45, 7) is 5.45. The molecule has 0 radical (unpaired) electrons. The number of ether oxygens (including phenoxy) is 1. The van der Waals surface area contributed by atoms with E-state index in [0.717, 1.165) is 11.1 Å². The van der Waals surface area contributed by atoms with Crippen molar-refractivity contribution >= 4 is 5.97 Å². The summed E-state index contributed by atoms with van der Waals surface area (Å²) >= 11 is 0. The van der Waals surface area contributed by atoms with Crippen LogP contribution in [0.25, 0.3) is 11.1 Å². The second-order valence-electron chi connectivity index (χ2n) is 9.50. The minimum atomic E-state index is -1.02. The van der Waals surface area contributed by atoms with E-state index < -0.39 is 29.2 Å². The topological polar surface area (TPSA) is 103 Å². The number of nitrogens with zero attached hydrogens (tertiary/aromatic N) is 1. The summed E-state index contributed by atoms with van der Waals surface area (Å²) in [7, 11) is 0. The number of carboxylic acids is 1. The lowest BCUT2D eigenvalue weighted by atomic mass is 9.93. The number of nitriles is 1. The van der Waals surface area contributed by atoms with E-state index in [1.54, 1.807) is 37.3 Å². The number of hydrogen-bond acceptors (Lipinski definition) is 5. The molecule has 0 aromatic heterocycles. The molecule has 0 bridgehead atoms. The average Bonchev–Trinajstić information content (AvgIpc) is 2.88. The van der Waals surface area contributed by atoms with Gasteiger partial charge in [0.2, 0.25) is 0 Å². The van der Waals surface area contributed by atoms with E-state index in [0.29, 0.717) is 17.5 Å². The summed E-state index contributed by atoms with van der Waals surface area (Å²) in [5.74, 6) is -1.63. The first-order chi connectivity index (χ1) is 17.5. The van der Waals surface area contributed by atoms with Crippen LogP contribution in [-0.4, -0.2) is 41.0 Å². The highest BCUT2D eigenvalue weighted by atomic mass is 19.1. The van der Waals surface area contributed by atoms with Gasteiger partial charge in [-0.1, -0.05) is 25.1 Å². The number of aliphatic hydroxyl groups excluding tert-OH is 1. The first kappa shape index (κ1) is 27.8. The lowest BCUT2D eigenvalue weighted by molar-refractivity contribution is 0.0697. The third kappa shape index (κ3) is 7.35. The SMILES string of the molecule is CCc1cc(F)c(CC(C)(C)NCC(O)COc2cc(-c3ccc(C(=O)O)cc3)ccc2C#N)cc1F. The molecule has 1 unspecified atom stereocenters. The maximum atomic E-state index is 14.4. The zero-order valence-corrected chi connectivity index (χ0v) is 21.0. The third-order valence-corrected chi connectivity index (χ3v) is 6.04. The van der Waals surface area contributed by atoms with Crippen molar-refractivity contribution in [1.82, 2.24) is 5.32 Å². The van der Waals surface area contributed by atoms with Gasteiger partial charge in [-0.15, -0.1) is 0 Å². The monoisotopic (exact) mass is 508 g/mol. The van der Waals surface area contributed by atoms with Crippen molar-refractivity contribution < 1.29 is 28.5 Å². The van der Waals surface area contributed by atoms with E-state index in [1.807, 2.05) is 13.8 Å². The van der Waals surface area contributed by atoms with Crippen LogP contribution in [0.2, 0.25) is 0 Å². The molecule has 194 valence electrons. The Balaban J connectivity index is 1.62. The molecule has 8 heteroatoms. The van der Waals surface area contributed by atoms with Crippen LogP contribution in [0, 0.1) is 23.0 Å². The van der Waals surface area contributed by atoms with E-state index >= 15 is 0 Å². The van der Waals surface area contributed by atoms with Crippen molar-refractivity contribution in [3.63, 3.8) is 0 Å². The van der Waals surface area contributed by atoms with Gasteiger partial charge in [-0.05, 0) is 85.3 Å². The fourth-order valence-corrected chi connectivity index (χ4v) is 3.93. The lowest BCUT2D eigenvalue weighted by Gasteiger charge is -2.28. The molecule has 37 heavy (non-hydrogen) atoms. The molecule has 3 N–H and O–H groups in total. The van der Waals surface area contributed by atoms with Crippen LogP contribution < -0.4 is 10.1 Å². The van der Waals surface area contributed by atoms with Gasteiger partial charge in [-0.25, -0.2) is 13.6 Å². The molecule has 3 aromatic rings. The van der Waals surface area contributed by atoms with Crippen LogP contribution >= 0.6 is 0 Å². The van der Waals surface area contributed by atoms with Gasteiger partial charge in [0, 0.05) is 12.1 Å². The Morgan fingerprint density at radius 1 is 1.05 bits per heavy atom. The van der Waals surface area contributed by atoms with Crippen molar-refractivity contribution in [2.45, 2.75) is 45.3 Å². The molecular weight excluding hydrogens is 478 g/mol. The molecule has 6 nitrogen and oxygen atoms in total. The third-order valence-electron chi connectivity index (χ3n) is 6.04. The van der Waals surface area contributed by atoms with Gasteiger partial charge in [0.1, 0.15) is 36.2 Å². The average molecular weight is 509 g/mol. The van der Waals surface area contributed by atoms with Gasteiger partial charge in [0.05, 0.1) is 11.1 Å². The fraction of sp³-hybridized carbons (Fsp3) is 0.310. The fourth-order valence-electron chi connectivity index (χ4n) is 3.93. The number of aromatic carboxylic acids is 1. The molecule has 0 saturated carbocycles. The normalized spacial score (nSPS) is 12.1. The summed E-state index contributed by atoms with van der Waals surface area (Å²) in [6.07, 6.45) is -0.313. The molecule has 0 aliphatic carbocycles. The zero-order valence-electron chi connectivity index (χ0n) is 21.0. The summed E-state index contributed by atoms with van der Waals surface area (Å²) in [6, 6.07) is 15.8. The Kier molecular flexibility index (Phi) is 8.98. The maximum absolute atomic E-state index is 14.4. The second kappa shape index (κ2) is 12.0. The summed E-state index contributed by atoms with van der Waals surface area (Å²) in [5.41, 5.74) is 1.88. The number of aryl methyl sites for hydroxylation is 1. The predicted molar refractivity (Wildman–Crippen MR) is 137 cm³/mol. The minimum Gasteiger partial charge on any atom is -0.489 e. The Morgan fingerprint density at radius 2 is 1.68 bits per heavy atom. The zero-order chi connectivity index (χ0) is 27.2. The Morgan fingerprint density at radius 3 is 2.30 bits per heavy atom. The second-order valence-corrected chi connectivity index (χ2v) is 9.50. The molecular formula is C29H30F2N2O4. The van der Waals surface area contributed by atoms with Gasteiger partial charge in [0.15, 0.2) is 0 Å². The highest BCUT2D eigenvalue weighted by Gasteiger charge is 2.22. The highest BCUT2D eigenvalue weighted by Crippen LogP contribution is 2.28. The molecule has 0 saturated heterocycles. The van der Waals surface area contributed by atoms with E-state index in [1.165, 1.54) is 24.3 Å². The first-order valence-corrected chi connectivity index (χ1v) is 11.9. The van der Waals surface area contributed by atoms with Gasteiger partial charge < -0.3 is 20.3 Å². The Bertz CT molecular complexity index is 1300. The number of aliphatic hydroxyl groups is 1. The molecule has 0 spiro atoms. The van der Waals surface area contributed by atoms with E-state index in [-0.39, 0.29) is 36.4 Å². The summed E-state index contributed by atoms with van der Waals surface area (Å²) in [4.78, 5) is 11.1. The number of carbonyl (C=O) groups is 1. The van der Waals surface area contributed by atoms with Crippen LogP contribution in [0.5, 0.6) is 5.75 Å². The van der Waals surface area contributed by atoms with E-state index in [9.17, 15) is 23.9 Å². The molecule has 0 amide bonds. The quantitative estimate of drug-likeness (QED) is 0.333. The van der Waals surface area contributed by atoms with Crippen molar-refractivity contribution in [2.24, 2.45) is 0 Å². The Hall–Kier alpha value is -3.80. The largest absolute Gasteiger partial charge is 0.489 e. The smallest absolute Gasteiger partial charge is 0.335 e. The molecule has 0 heterocycles. The lowest BCUT2D eigenvalue weighted by Crippen LogP contribution is -2.46. The summed E-state index contributed by atoms with van der Waals surface area (Å²) < 4.78 is 34.3. The number of nitrogens with one attached hydrogen (secondary N) is 1. The van der Waals surface area contributed by atoms with Crippen molar-refractivity contribution in [3.05, 3.63) is 88.5 Å². The number of rotatable bonds is 11. The first-order valence-electron chi connectivity index (χ1n) is 11.9. The van der Waals surface area contributed by atoms with E-state index in [2.05, 4.69) is 11.4 Å². The molecule has 3 aromatic carbocycles. The van der Waals surface area contributed by atoms with Crippen molar-refractivity contribution in [1.29, 1.82) is 5.26 Å². The van der Waals surface area contributed by atoms with Crippen molar-refractivity contribution in [3.8, 4) is 22.9 Å². The number of benzene rings is 3. The summed E-state index contributed by atoms with van der Waals surface area (Å²) in [5, 5.41) is 32.2. The maximum Gasteiger partial charge on any atom is 0.335 e. The van der Waals surface area contributed by atoms with Crippen LogP contribution in [0.3, 0.4) is 0 Å². The van der Waals surface area contributed by atoms with E-state index in [4.69, 9.17) is 9.84 Å². The number of carboxylic acid groups (broad SMARTS) is 1. The van der Waals surface area contributed by atoms with Gasteiger partial charge in [0.25, 0.3) is 0 Å². The van der Waals surface area contributed by atoms with Gasteiger partial charge >= 0.3 is 5.97 Å². The predicted octanol–water partition coefficient (Wildman–Crippen LogP) is 5.11. The van der Waals surface area contributed by atoms with Crippen LogP contribution in [0.15, 0.2) is 54.6 Å². The number of β-amino-alcohol motifs (C(OH)–C–C–N with tert-alkyl or cyclic N) is 1. The molecule has 0 fully saturated rings. The van der Waals surface area contributed by atoms with Crippen LogP contribution in [-0.2, 0) is 12.8 Å². The minimum absolute atomic E-state index is 0.104. The molecule has 1 atom stereocenters. The van der Waals surface area contributed by atoms with Crippen LogP contribution in [0.1, 0.15) is 47.8 Å². The van der Waals surface area contributed by atoms with Crippen LogP contribution in [0.4, 0.5) is 8.78 Å². The standard InChI is InChI=1S/C29H30F2N2O4/c1-4-18-11-26(31)23(12-25(18)30)14-29(2,3)33-16-24(34)17-37-27-13-21(9-10-22(27)15-32)19-5-7-20(8-6-19)28(35)36/h5-13,24,33-34H,4,14,16-17H2,1-3H3,(H,35,36). The van der Waals surface area contributed by atoms with Crippen molar-refractivity contribution in [2.75, 3.05) is 13.2 Å². The highest BCUT2D eigenvalue weighted by molar-refractivity contribution is 5.88. The number of halogens is 2. The molecule has 0 aliphatic heterocycles. The van der Waals surface area contributed by atoms with Gasteiger partial charge in [-0.3, -0.25) is 0 Å². The van der Waals surface area contributed by atoms with Gasteiger partial charge in [-0.2, -0.15) is 5.26 Å². The number of hydrogen-bond donors (Lipinski definition) is 3. The molecule has 0 aliphatic rings. The molecule has 3 rings (SSSR count).